The van der Waals surface area contributed by atoms with Crippen LogP contribution in [0.2, 0.25) is 5.02 Å². The largest absolute Gasteiger partial charge is 0.489 e. The number of hydrogen-bond acceptors (Lipinski definition) is 3. The molecule has 4 nitrogen and oxygen atoms in total. The number of anilines is 1. The quantitative estimate of drug-likeness (QED) is 0.647. The smallest absolute Gasteiger partial charge is 0.238 e. The minimum Gasteiger partial charge on any atom is -0.489 e. The van der Waals surface area contributed by atoms with Gasteiger partial charge in [0.2, 0.25) is 5.91 Å². The van der Waals surface area contributed by atoms with E-state index < -0.39 is 0 Å². The average molecular weight is 361 g/mol. The van der Waals surface area contributed by atoms with Gasteiger partial charge in [-0.2, -0.15) is 0 Å². The first-order valence-electron chi connectivity index (χ1n) is 8.51. The third-order valence-corrected chi connectivity index (χ3v) is 3.89. The van der Waals surface area contributed by atoms with Crippen LogP contribution in [0.25, 0.3) is 0 Å². The fraction of sp³-hybridized carbons (Fsp3) is 0.350. The van der Waals surface area contributed by atoms with E-state index in [4.69, 9.17) is 16.3 Å². The van der Waals surface area contributed by atoms with Crippen molar-refractivity contribution in [2.45, 2.75) is 26.9 Å². The van der Waals surface area contributed by atoms with Crippen LogP contribution in [0, 0.1) is 5.92 Å². The summed E-state index contributed by atoms with van der Waals surface area (Å²) in [5, 5.41) is 6.72. The number of carbonyl (C=O) groups is 1. The van der Waals surface area contributed by atoms with Crippen molar-refractivity contribution >= 4 is 23.2 Å². The zero-order chi connectivity index (χ0) is 18.1. The van der Waals surface area contributed by atoms with E-state index in [1.54, 1.807) is 0 Å². The summed E-state index contributed by atoms with van der Waals surface area (Å²) < 4.78 is 5.73. The van der Waals surface area contributed by atoms with Crippen molar-refractivity contribution in [2.24, 2.45) is 5.92 Å². The molecule has 0 unspecified atom stereocenters. The van der Waals surface area contributed by atoms with Gasteiger partial charge in [0.1, 0.15) is 12.4 Å². The highest BCUT2D eigenvalue weighted by Crippen LogP contribution is 2.17. The molecule has 0 radical (unpaired) electrons. The van der Waals surface area contributed by atoms with Crippen molar-refractivity contribution in [3.05, 3.63) is 59.1 Å². The Bertz CT molecular complexity index is 654. The fourth-order valence-corrected chi connectivity index (χ4v) is 2.31. The van der Waals surface area contributed by atoms with Crippen LogP contribution in [0.15, 0.2) is 48.5 Å². The molecule has 2 aromatic carbocycles. The molecule has 0 saturated heterocycles. The van der Waals surface area contributed by atoms with E-state index >= 15 is 0 Å². The summed E-state index contributed by atoms with van der Waals surface area (Å²) in [6.45, 7) is 5.98. The molecule has 0 aliphatic carbocycles. The van der Waals surface area contributed by atoms with Crippen LogP contribution in [-0.2, 0) is 11.4 Å². The molecule has 0 aliphatic rings. The third kappa shape index (κ3) is 7.59. The second-order valence-corrected chi connectivity index (χ2v) is 6.78. The number of nitrogens with one attached hydrogen (secondary N) is 2. The van der Waals surface area contributed by atoms with Gasteiger partial charge in [0.25, 0.3) is 0 Å². The summed E-state index contributed by atoms with van der Waals surface area (Å²) >= 11 is 5.86. The Kier molecular flexibility index (Phi) is 7.76. The molecule has 2 N–H and O–H groups in total. The van der Waals surface area contributed by atoms with Crippen molar-refractivity contribution in [3.8, 4) is 5.75 Å². The molecule has 0 atom stereocenters. The Morgan fingerprint density at radius 1 is 1.08 bits per heavy atom. The van der Waals surface area contributed by atoms with E-state index in [0.29, 0.717) is 24.1 Å². The van der Waals surface area contributed by atoms with Crippen molar-refractivity contribution in [1.82, 2.24) is 5.32 Å². The number of rotatable bonds is 9. The summed E-state index contributed by atoms with van der Waals surface area (Å²) in [6.07, 6.45) is 1.06. The number of hydrogen-bond donors (Lipinski definition) is 2. The Balaban J connectivity index is 1.73. The average Bonchev–Trinajstić information content (AvgIpc) is 2.59. The number of ether oxygens (including phenoxy) is 1. The lowest BCUT2D eigenvalue weighted by Crippen LogP contribution is -2.29. The zero-order valence-electron chi connectivity index (χ0n) is 14.7. The Hall–Kier alpha value is -2.04. The van der Waals surface area contributed by atoms with E-state index in [9.17, 15) is 4.79 Å². The van der Waals surface area contributed by atoms with Crippen LogP contribution in [0.3, 0.4) is 0 Å². The minimum absolute atomic E-state index is 0.0430. The monoisotopic (exact) mass is 360 g/mol. The second kappa shape index (κ2) is 10.1. The molecule has 0 saturated carbocycles. The predicted octanol–water partition coefficient (Wildman–Crippen LogP) is 4.49. The molecule has 134 valence electrons. The maximum atomic E-state index is 11.9. The molecule has 0 fully saturated rings. The van der Waals surface area contributed by atoms with Gasteiger partial charge in [-0.25, -0.2) is 0 Å². The van der Waals surface area contributed by atoms with Gasteiger partial charge in [0.15, 0.2) is 0 Å². The molecular weight excluding hydrogens is 336 g/mol. The number of halogens is 1. The first-order chi connectivity index (χ1) is 12.0. The fourth-order valence-electron chi connectivity index (χ4n) is 2.18. The van der Waals surface area contributed by atoms with Crippen LogP contribution in [0.1, 0.15) is 25.8 Å². The molecule has 5 heteroatoms. The zero-order valence-corrected chi connectivity index (χ0v) is 15.5. The lowest BCUT2D eigenvalue weighted by molar-refractivity contribution is -0.115. The summed E-state index contributed by atoms with van der Waals surface area (Å²) in [7, 11) is 0. The van der Waals surface area contributed by atoms with Crippen molar-refractivity contribution in [3.63, 3.8) is 0 Å². The third-order valence-electron chi connectivity index (χ3n) is 3.64. The maximum Gasteiger partial charge on any atom is 0.238 e. The highest BCUT2D eigenvalue weighted by Gasteiger charge is 2.03. The summed E-state index contributed by atoms with van der Waals surface area (Å²) in [5.41, 5.74) is 1.81. The van der Waals surface area contributed by atoms with Crippen LogP contribution >= 0.6 is 11.6 Å². The SMILES string of the molecule is CC(C)CCNCC(=O)Nc1ccc(OCc2ccc(Cl)cc2)cc1. The van der Waals surface area contributed by atoms with Gasteiger partial charge in [-0.15, -0.1) is 0 Å². The second-order valence-electron chi connectivity index (χ2n) is 6.35. The predicted molar refractivity (Wildman–Crippen MR) is 103 cm³/mol. The van der Waals surface area contributed by atoms with E-state index in [1.165, 1.54) is 0 Å². The van der Waals surface area contributed by atoms with E-state index in [0.717, 1.165) is 30.0 Å². The standard InChI is InChI=1S/C20H25ClN2O2/c1-15(2)11-12-22-13-20(24)23-18-7-9-19(10-8-18)25-14-16-3-5-17(21)6-4-16/h3-10,15,22H,11-14H2,1-2H3,(H,23,24). The van der Waals surface area contributed by atoms with Crippen LogP contribution in [-0.4, -0.2) is 19.0 Å². The van der Waals surface area contributed by atoms with Crippen molar-refractivity contribution < 1.29 is 9.53 Å². The van der Waals surface area contributed by atoms with Gasteiger partial charge >= 0.3 is 0 Å². The molecule has 25 heavy (non-hydrogen) atoms. The van der Waals surface area contributed by atoms with Crippen LogP contribution < -0.4 is 15.4 Å². The van der Waals surface area contributed by atoms with Crippen molar-refractivity contribution in [2.75, 3.05) is 18.4 Å². The lowest BCUT2D eigenvalue weighted by atomic mass is 10.1. The highest BCUT2D eigenvalue weighted by molar-refractivity contribution is 6.30. The summed E-state index contributed by atoms with van der Waals surface area (Å²) in [5.74, 6) is 1.34. The first-order valence-corrected chi connectivity index (χ1v) is 8.88. The van der Waals surface area contributed by atoms with Gasteiger partial charge in [-0.05, 0) is 60.8 Å². The van der Waals surface area contributed by atoms with Crippen LogP contribution in [0.4, 0.5) is 5.69 Å². The molecule has 0 heterocycles. The van der Waals surface area contributed by atoms with Gasteiger partial charge in [0.05, 0.1) is 6.54 Å². The molecule has 0 aromatic heterocycles. The first kappa shape index (κ1) is 19.3. The van der Waals surface area contributed by atoms with E-state index in [-0.39, 0.29) is 5.91 Å². The van der Waals surface area contributed by atoms with E-state index in [1.807, 2.05) is 48.5 Å². The number of carbonyl (C=O) groups excluding carboxylic acids is 1. The molecule has 1 amide bonds. The number of benzene rings is 2. The topological polar surface area (TPSA) is 50.4 Å². The molecule has 0 aliphatic heterocycles. The van der Waals surface area contributed by atoms with Crippen LogP contribution in [0.5, 0.6) is 5.75 Å². The van der Waals surface area contributed by atoms with Gasteiger partial charge < -0.3 is 15.4 Å². The molecule has 0 spiro atoms. The molecule has 2 aromatic rings. The summed E-state index contributed by atoms with van der Waals surface area (Å²) in [4.78, 5) is 11.9. The highest BCUT2D eigenvalue weighted by atomic mass is 35.5. The molecule has 0 bridgehead atoms. The Morgan fingerprint density at radius 3 is 2.40 bits per heavy atom. The van der Waals surface area contributed by atoms with Gasteiger partial charge in [-0.1, -0.05) is 37.6 Å². The van der Waals surface area contributed by atoms with Gasteiger partial charge in [0, 0.05) is 10.7 Å². The minimum atomic E-state index is -0.0430. The normalized spacial score (nSPS) is 10.7. The lowest BCUT2D eigenvalue weighted by Gasteiger charge is -2.10. The van der Waals surface area contributed by atoms with E-state index in [2.05, 4.69) is 24.5 Å². The molecular formula is C20H25ClN2O2. The Morgan fingerprint density at radius 2 is 1.76 bits per heavy atom. The van der Waals surface area contributed by atoms with Crippen molar-refractivity contribution in [1.29, 1.82) is 0 Å². The number of amides is 1. The van der Waals surface area contributed by atoms with Gasteiger partial charge in [-0.3, -0.25) is 4.79 Å². The molecule has 2 rings (SSSR count). The maximum absolute atomic E-state index is 11.9. The summed E-state index contributed by atoms with van der Waals surface area (Å²) in [6, 6.07) is 14.9. The Labute approximate surface area is 154 Å².